The van der Waals surface area contributed by atoms with E-state index in [1.165, 1.54) is 17.4 Å². The first-order valence-corrected chi connectivity index (χ1v) is 8.27. The summed E-state index contributed by atoms with van der Waals surface area (Å²) in [6, 6.07) is 7.84. The maximum atomic E-state index is 12.1. The molecule has 0 unspecified atom stereocenters. The van der Waals surface area contributed by atoms with Crippen molar-refractivity contribution >= 4 is 39.9 Å². The molecule has 6 heteroatoms. The summed E-state index contributed by atoms with van der Waals surface area (Å²) < 4.78 is 0. The largest absolute Gasteiger partial charge is 0.378 e. The summed E-state index contributed by atoms with van der Waals surface area (Å²) in [5.74, 6) is -0.828. The van der Waals surface area contributed by atoms with Crippen molar-refractivity contribution in [2.45, 2.75) is 13.8 Å². The molecule has 3 N–H and O–H groups in total. The smallest absolute Gasteiger partial charge is 0.251 e. The Kier molecular flexibility index (Phi) is 5.41. The van der Waals surface area contributed by atoms with E-state index in [2.05, 4.69) is 5.32 Å². The van der Waals surface area contributed by atoms with E-state index in [4.69, 9.17) is 5.73 Å². The number of rotatable bonds is 5. The van der Waals surface area contributed by atoms with E-state index < -0.39 is 5.91 Å². The van der Waals surface area contributed by atoms with Gasteiger partial charge in [0.05, 0.1) is 5.56 Å². The molecule has 0 aliphatic rings. The number of amides is 2. The van der Waals surface area contributed by atoms with E-state index in [0.29, 0.717) is 10.6 Å². The third-order valence-corrected chi connectivity index (χ3v) is 4.83. The predicted octanol–water partition coefficient (Wildman–Crippen LogP) is 3.18. The highest BCUT2D eigenvalue weighted by Crippen LogP contribution is 2.32. The van der Waals surface area contributed by atoms with Crippen LogP contribution in [0.4, 0.5) is 10.7 Å². The molecule has 1 heterocycles. The lowest BCUT2D eigenvalue weighted by Gasteiger charge is -2.11. The molecule has 0 aliphatic heterocycles. The number of aryl methyl sites for hydroxylation is 1. The Morgan fingerprint density at radius 2 is 1.79 bits per heavy atom. The monoisotopic (exact) mass is 343 g/mol. The van der Waals surface area contributed by atoms with Crippen molar-refractivity contribution in [3.8, 4) is 0 Å². The van der Waals surface area contributed by atoms with Gasteiger partial charge in [-0.15, -0.1) is 11.3 Å². The number of benzene rings is 1. The second-order valence-electron chi connectivity index (χ2n) is 5.66. The fourth-order valence-electron chi connectivity index (χ4n) is 2.22. The summed E-state index contributed by atoms with van der Waals surface area (Å²) in [5.41, 5.74) is 8.61. The van der Waals surface area contributed by atoms with Crippen molar-refractivity contribution in [2.24, 2.45) is 5.73 Å². The molecule has 0 saturated carbocycles. The number of hydrogen-bond acceptors (Lipinski definition) is 4. The fraction of sp³-hybridized carbons (Fsp3) is 0.222. The van der Waals surface area contributed by atoms with Crippen LogP contribution in [0.25, 0.3) is 6.08 Å². The van der Waals surface area contributed by atoms with Gasteiger partial charge in [-0.2, -0.15) is 0 Å². The number of nitrogens with one attached hydrogen (secondary N) is 1. The molecule has 5 nitrogen and oxygen atoms in total. The molecule has 24 heavy (non-hydrogen) atoms. The molecule has 126 valence electrons. The summed E-state index contributed by atoms with van der Waals surface area (Å²) in [7, 11) is 3.94. The van der Waals surface area contributed by atoms with Crippen LogP contribution in [0.2, 0.25) is 0 Å². The molecule has 0 atom stereocenters. The molecule has 1 aromatic carbocycles. The highest BCUT2D eigenvalue weighted by molar-refractivity contribution is 7.16. The van der Waals surface area contributed by atoms with Crippen molar-refractivity contribution in [3.05, 3.63) is 51.9 Å². The van der Waals surface area contributed by atoms with Crippen LogP contribution in [0.5, 0.6) is 0 Å². The van der Waals surface area contributed by atoms with Crippen molar-refractivity contribution in [1.82, 2.24) is 0 Å². The van der Waals surface area contributed by atoms with Crippen LogP contribution < -0.4 is 16.0 Å². The van der Waals surface area contributed by atoms with Gasteiger partial charge >= 0.3 is 0 Å². The third kappa shape index (κ3) is 4.02. The average molecular weight is 343 g/mol. The maximum Gasteiger partial charge on any atom is 0.251 e. The zero-order chi connectivity index (χ0) is 17.9. The molecule has 0 radical (unpaired) electrons. The summed E-state index contributed by atoms with van der Waals surface area (Å²) in [4.78, 5) is 26.6. The second kappa shape index (κ2) is 7.31. The number of nitrogens with zero attached hydrogens (tertiary/aromatic N) is 1. The van der Waals surface area contributed by atoms with Gasteiger partial charge in [-0.1, -0.05) is 12.1 Å². The number of primary amides is 1. The molecule has 2 amide bonds. The van der Waals surface area contributed by atoms with Gasteiger partial charge < -0.3 is 16.0 Å². The maximum absolute atomic E-state index is 12.1. The normalized spacial score (nSPS) is 10.8. The quantitative estimate of drug-likeness (QED) is 0.819. The molecule has 0 fully saturated rings. The first-order chi connectivity index (χ1) is 11.3. The molecule has 2 rings (SSSR count). The van der Waals surface area contributed by atoms with E-state index in [9.17, 15) is 9.59 Å². The molecular formula is C18H21N3O2S. The van der Waals surface area contributed by atoms with Crippen molar-refractivity contribution < 1.29 is 9.59 Å². The molecule has 0 aliphatic carbocycles. The van der Waals surface area contributed by atoms with Gasteiger partial charge in [-0.25, -0.2) is 0 Å². The van der Waals surface area contributed by atoms with Gasteiger partial charge in [-0.3, -0.25) is 9.59 Å². The lowest BCUT2D eigenvalue weighted by Crippen LogP contribution is -2.16. The molecule has 1 aromatic heterocycles. The lowest BCUT2D eigenvalue weighted by atomic mass is 10.1. The van der Waals surface area contributed by atoms with E-state index in [0.717, 1.165) is 21.7 Å². The van der Waals surface area contributed by atoms with E-state index in [1.54, 1.807) is 6.08 Å². The topological polar surface area (TPSA) is 75.4 Å². The minimum Gasteiger partial charge on any atom is -0.378 e. The van der Waals surface area contributed by atoms with Crippen LogP contribution in [0.3, 0.4) is 0 Å². The lowest BCUT2D eigenvalue weighted by molar-refractivity contribution is -0.111. The second-order valence-corrected chi connectivity index (χ2v) is 6.88. The van der Waals surface area contributed by atoms with E-state index in [1.807, 2.05) is 57.1 Å². The Labute approximate surface area is 145 Å². The Morgan fingerprint density at radius 3 is 2.33 bits per heavy atom. The number of anilines is 2. The Balaban J connectivity index is 2.11. The Morgan fingerprint density at radius 1 is 1.17 bits per heavy atom. The Bertz CT molecular complexity index is 789. The molecule has 2 aromatic rings. The molecular weight excluding hydrogens is 322 g/mol. The van der Waals surface area contributed by atoms with Gasteiger partial charge in [0.15, 0.2) is 0 Å². The van der Waals surface area contributed by atoms with Gasteiger partial charge in [0.1, 0.15) is 5.00 Å². The van der Waals surface area contributed by atoms with Crippen molar-refractivity contribution in [1.29, 1.82) is 0 Å². The van der Waals surface area contributed by atoms with Gasteiger partial charge in [0.2, 0.25) is 5.91 Å². The van der Waals surface area contributed by atoms with Gasteiger partial charge in [0, 0.05) is 30.7 Å². The fourth-order valence-corrected chi connectivity index (χ4v) is 3.29. The summed E-state index contributed by atoms with van der Waals surface area (Å²) in [5, 5.41) is 3.23. The van der Waals surface area contributed by atoms with Crippen molar-refractivity contribution in [2.75, 3.05) is 24.3 Å². The number of thiophene rings is 1. The first kappa shape index (κ1) is 17.7. The molecule has 0 spiro atoms. The third-order valence-electron chi connectivity index (χ3n) is 3.71. The summed E-state index contributed by atoms with van der Waals surface area (Å²) in [6.07, 6.45) is 3.17. The van der Waals surface area contributed by atoms with Crippen LogP contribution >= 0.6 is 11.3 Å². The predicted molar refractivity (Wildman–Crippen MR) is 101 cm³/mol. The van der Waals surface area contributed by atoms with Gasteiger partial charge in [-0.05, 0) is 43.2 Å². The molecule has 0 bridgehead atoms. The summed E-state index contributed by atoms with van der Waals surface area (Å²) >= 11 is 1.35. The van der Waals surface area contributed by atoms with Gasteiger partial charge in [0.25, 0.3) is 5.91 Å². The highest BCUT2D eigenvalue weighted by atomic mass is 32.1. The number of carbonyl (C=O) groups excluding carboxylic acids is 2. The number of nitrogens with two attached hydrogens (primary N) is 1. The van der Waals surface area contributed by atoms with Crippen LogP contribution in [-0.2, 0) is 4.79 Å². The first-order valence-electron chi connectivity index (χ1n) is 7.46. The van der Waals surface area contributed by atoms with Crippen LogP contribution in [0.15, 0.2) is 30.3 Å². The molecule has 0 saturated heterocycles. The summed E-state index contributed by atoms with van der Waals surface area (Å²) in [6.45, 7) is 3.72. The zero-order valence-corrected chi connectivity index (χ0v) is 15.0. The van der Waals surface area contributed by atoms with Crippen molar-refractivity contribution in [3.63, 3.8) is 0 Å². The van der Waals surface area contributed by atoms with Crippen LogP contribution in [-0.4, -0.2) is 25.9 Å². The number of carbonyl (C=O) groups is 2. The zero-order valence-electron chi connectivity index (χ0n) is 14.2. The minimum absolute atomic E-state index is 0.296. The average Bonchev–Trinajstić information content (AvgIpc) is 2.80. The standard InChI is InChI=1S/C18H21N3O2S/c1-11-12(2)24-18(16(11)17(19)23)20-15(22)10-7-13-5-8-14(9-6-13)21(3)4/h5-10H,1-4H3,(H2,19,23)(H,20,22). The van der Waals surface area contributed by atoms with E-state index in [-0.39, 0.29) is 5.91 Å². The van der Waals surface area contributed by atoms with Crippen LogP contribution in [0.1, 0.15) is 26.4 Å². The number of hydrogen-bond donors (Lipinski definition) is 2. The van der Waals surface area contributed by atoms with E-state index >= 15 is 0 Å². The van der Waals surface area contributed by atoms with Crippen LogP contribution in [0, 0.1) is 13.8 Å². The highest BCUT2D eigenvalue weighted by Gasteiger charge is 2.18. The SMILES string of the molecule is Cc1sc(NC(=O)C=Cc2ccc(N(C)C)cc2)c(C(N)=O)c1C. The Hall–Kier alpha value is -2.60. The minimum atomic E-state index is -0.532.